The number of benzene rings is 4. The van der Waals surface area contributed by atoms with Crippen molar-refractivity contribution in [3.63, 3.8) is 0 Å². The number of aryl methyl sites for hydroxylation is 3. The van der Waals surface area contributed by atoms with Gasteiger partial charge in [-0.15, -0.1) is 0 Å². The van der Waals surface area contributed by atoms with Crippen LogP contribution in [0.1, 0.15) is 67.2 Å². The van der Waals surface area contributed by atoms with E-state index < -0.39 is 45.3 Å². The van der Waals surface area contributed by atoms with E-state index in [4.69, 9.17) is 26.7 Å². The van der Waals surface area contributed by atoms with Gasteiger partial charge < -0.3 is 47.9 Å². The monoisotopic (exact) mass is 1030 g/mol. The zero-order valence-electron chi connectivity index (χ0n) is 40.5. The molecule has 1 atom stereocenters. The number of ether oxygens (including phenoxy) is 2. The Hall–Kier alpha value is -8.61. The summed E-state index contributed by atoms with van der Waals surface area (Å²) in [6, 6.07) is 23.3. The summed E-state index contributed by atoms with van der Waals surface area (Å²) in [7, 11) is -4.16. The van der Waals surface area contributed by atoms with Crippen LogP contribution in [-0.4, -0.2) is 107 Å². The van der Waals surface area contributed by atoms with Gasteiger partial charge in [0.15, 0.2) is 23.7 Å². The number of guanidine groups is 1. The molecule has 0 saturated heterocycles. The van der Waals surface area contributed by atoms with Gasteiger partial charge in [0, 0.05) is 55.0 Å². The number of esters is 1. The number of carbonyl (C=O) groups is 4. The number of aliphatic imine (C=N–C) groups is 1. The van der Waals surface area contributed by atoms with Crippen molar-refractivity contribution in [2.75, 3.05) is 49.7 Å². The van der Waals surface area contributed by atoms with Crippen molar-refractivity contribution in [1.82, 2.24) is 35.9 Å². The van der Waals surface area contributed by atoms with Crippen LogP contribution in [0.25, 0.3) is 33.0 Å². The van der Waals surface area contributed by atoms with Crippen LogP contribution in [0, 0.1) is 13.8 Å². The topological polar surface area (TPSA) is 355 Å². The molecule has 3 amide bonds. The predicted octanol–water partition coefficient (Wildman–Crippen LogP) is 2.33. The SMILES string of the molecule is Cc1cc(C(=O)NCCOCCNC(=O)C(CCCN=C(N)N)NC(=O)c2ccc(NCc3cnc4nc(N)[nH]c(=O)c4n3)cc2)cc(C)c1OC(=O)c1c2ccccc2[n+](CCCS(=O)(=O)O)c2ccccc12. The second-order valence-electron chi connectivity index (χ2n) is 17.1. The number of rotatable bonds is 23. The number of fused-ring (bicyclic) bond motifs is 3. The highest BCUT2D eigenvalue weighted by molar-refractivity contribution is 7.85. The fraction of sp³-hybridized carbons (Fsp3) is 0.280. The van der Waals surface area contributed by atoms with Crippen LogP contribution in [0.2, 0.25) is 0 Å². The lowest BCUT2D eigenvalue weighted by Crippen LogP contribution is -2.47. The van der Waals surface area contributed by atoms with Crippen LogP contribution in [0.15, 0.2) is 101 Å². The van der Waals surface area contributed by atoms with E-state index >= 15 is 0 Å². The van der Waals surface area contributed by atoms with Gasteiger partial charge >= 0.3 is 5.97 Å². The second kappa shape index (κ2) is 24.2. The van der Waals surface area contributed by atoms with Crippen molar-refractivity contribution in [2.24, 2.45) is 16.5 Å². The largest absolute Gasteiger partial charge is 0.422 e. The number of hydrogen-bond donors (Lipinski definition) is 9. The standard InChI is InChI=1S/C50H55N13O10S/c1-29-25-32(26-30(2)42(29)73-48(68)40-35-9-3-5-12-38(35)63(21-8-24-74(69,70)71)39-13-6-4-10-36(39)40)44(64)54-19-22-72-23-20-55-46(66)37(11-7-18-56-49(51)52)60-45(65)31-14-16-33(17-15-31)57-27-34-28-58-43-41(59-34)47(67)62-50(53)61-43/h3-6,9-10,12-17,25-26,28,37H,7-8,11,18-24,27H2,1-2H3,(H11-,51,52,53,54,55,56,57,58,60,61,62,64,65,66,67,69,70,71)/p+1. The zero-order valence-corrected chi connectivity index (χ0v) is 41.3. The summed E-state index contributed by atoms with van der Waals surface area (Å²) in [5.41, 5.74) is 20.7. The molecular weight excluding hydrogens is 975 g/mol. The van der Waals surface area contributed by atoms with Crippen molar-refractivity contribution in [1.29, 1.82) is 0 Å². The number of anilines is 2. The molecule has 4 aromatic carbocycles. The smallest absolute Gasteiger partial charge is 0.345 e. The van der Waals surface area contributed by atoms with Gasteiger partial charge in [-0.05, 0) is 86.3 Å². The molecule has 1 unspecified atom stereocenters. The molecule has 74 heavy (non-hydrogen) atoms. The molecule has 7 aromatic rings. The third-order valence-electron chi connectivity index (χ3n) is 11.6. The van der Waals surface area contributed by atoms with Gasteiger partial charge in [-0.2, -0.15) is 18.0 Å². The summed E-state index contributed by atoms with van der Waals surface area (Å²) in [6.07, 6.45) is 2.25. The molecule has 0 fully saturated rings. The third-order valence-corrected chi connectivity index (χ3v) is 12.4. The maximum absolute atomic E-state index is 14.1. The summed E-state index contributed by atoms with van der Waals surface area (Å²) in [6.45, 7) is 4.69. The minimum Gasteiger partial charge on any atom is -0.422 e. The highest BCUT2D eigenvalue weighted by Crippen LogP contribution is 2.30. The minimum atomic E-state index is -4.16. The van der Waals surface area contributed by atoms with Crippen LogP contribution < -0.4 is 53.3 Å². The van der Waals surface area contributed by atoms with Gasteiger partial charge in [0.2, 0.25) is 22.9 Å². The number of nitrogen functional groups attached to an aromatic ring is 1. The summed E-state index contributed by atoms with van der Waals surface area (Å²) in [5, 5.41) is 12.7. The lowest BCUT2D eigenvalue weighted by atomic mass is 10.0. The van der Waals surface area contributed by atoms with Crippen LogP contribution in [0.4, 0.5) is 11.6 Å². The van der Waals surface area contributed by atoms with Crippen LogP contribution in [-0.2, 0) is 32.7 Å². The van der Waals surface area contributed by atoms with Crippen molar-refractivity contribution in [3.05, 3.63) is 135 Å². The Morgan fingerprint density at radius 3 is 2.15 bits per heavy atom. The van der Waals surface area contributed by atoms with Crippen LogP contribution in [0.3, 0.4) is 0 Å². The normalized spacial score (nSPS) is 11.8. The highest BCUT2D eigenvalue weighted by atomic mass is 32.2. The molecule has 0 radical (unpaired) electrons. The Morgan fingerprint density at radius 1 is 0.851 bits per heavy atom. The summed E-state index contributed by atoms with van der Waals surface area (Å²) in [4.78, 5) is 85.0. The minimum absolute atomic E-state index is 0.0511. The number of aromatic amines is 1. The number of amides is 3. The molecule has 12 N–H and O–H groups in total. The van der Waals surface area contributed by atoms with Crippen molar-refractivity contribution >= 4 is 84.4 Å². The van der Waals surface area contributed by atoms with Crippen molar-refractivity contribution in [3.8, 4) is 5.75 Å². The average molecular weight is 1030 g/mol. The van der Waals surface area contributed by atoms with Gasteiger partial charge in [0.1, 0.15) is 11.8 Å². The first-order valence-corrected chi connectivity index (χ1v) is 25.0. The van der Waals surface area contributed by atoms with E-state index in [-0.39, 0.29) is 87.8 Å². The molecule has 0 aliphatic rings. The van der Waals surface area contributed by atoms with Crippen LogP contribution in [0.5, 0.6) is 5.75 Å². The van der Waals surface area contributed by atoms with Gasteiger partial charge in [0.25, 0.3) is 27.5 Å². The molecule has 3 aromatic heterocycles. The number of hydrogen-bond acceptors (Lipinski definition) is 15. The molecule has 7 rings (SSSR count). The zero-order chi connectivity index (χ0) is 52.9. The molecular formula is C50H56N13O10S+. The summed E-state index contributed by atoms with van der Waals surface area (Å²) in [5.74, 6) is -2.21. The van der Waals surface area contributed by atoms with Gasteiger partial charge in [-0.1, -0.05) is 24.3 Å². The quantitative estimate of drug-likeness (QED) is 0.00649. The lowest BCUT2D eigenvalue weighted by molar-refractivity contribution is -0.645. The van der Waals surface area contributed by atoms with E-state index in [1.165, 1.54) is 6.20 Å². The molecule has 0 aliphatic heterocycles. The van der Waals surface area contributed by atoms with E-state index in [0.29, 0.717) is 73.2 Å². The number of pyridine rings is 1. The van der Waals surface area contributed by atoms with E-state index in [1.807, 2.05) is 28.8 Å². The van der Waals surface area contributed by atoms with Gasteiger partial charge in [-0.25, -0.2) is 14.8 Å². The fourth-order valence-corrected chi connectivity index (χ4v) is 8.67. The fourth-order valence-electron chi connectivity index (χ4n) is 8.18. The molecule has 386 valence electrons. The molecule has 0 saturated carbocycles. The molecule has 0 bridgehead atoms. The van der Waals surface area contributed by atoms with E-state index in [0.717, 1.165) is 0 Å². The van der Waals surface area contributed by atoms with Crippen molar-refractivity contribution in [2.45, 2.75) is 52.2 Å². The Labute approximate surface area is 424 Å². The number of para-hydroxylation sites is 2. The summed E-state index contributed by atoms with van der Waals surface area (Å²) < 4.78 is 45.9. The first-order chi connectivity index (χ1) is 35.4. The number of nitrogens with one attached hydrogen (secondary N) is 5. The number of aromatic nitrogens is 5. The lowest BCUT2D eigenvalue weighted by Gasteiger charge is -2.18. The highest BCUT2D eigenvalue weighted by Gasteiger charge is 2.27. The maximum Gasteiger partial charge on any atom is 0.345 e. The van der Waals surface area contributed by atoms with E-state index in [9.17, 15) is 36.9 Å². The number of carbonyl (C=O) groups excluding carboxylic acids is 4. The number of nitrogens with zero attached hydrogens (tertiary/aromatic N) is 5. The third kappa shape index (κ3) is 13.9. The molecule has 0 spiro atoms. The van der Waals surface area contributed by atoms with Crippen LogP contribution >= 0.6 is 0 Å². The molecule has 23 nitrogen and oxygen atoms in total. The average Bonchev–Trinajstić information content (AvgIpc) is 3.36. The molecule has 24 heteroatoms. The van der Waals surface area contributed by atoms with Crippen molar-refractivity contribution < 1.29 is 46.2 Å². The Morgan fingerprint density at radius 2 is 1.50 bits per heavy atom. The summed E-state index contributed by atoms with van der Waals surface area (Å²) >= 11 is 0. The van der Waals surface area contributed by atoms with E-state index in [2.05, 4.69) is 46.2 Å². The molecule has 0 aliphatic carbocycles. The number of nitrogens with two attached hydrogens (primary N) is 3. The Balaban J connectivity index is 0.882. The van der Waals surface area contributed by atoms with Gasteiger partial charge in [-0.3, -0.25) is 33.7 Å². The number of H-pyrrole nitrogens is 1. The Bertz CT molecular complexity index is 3360. The van der Waals surface area contributed by atoms with E-state index in [1.54, 1.807) is 74.5 Å². The predicted molar refractivity (Wildman–Crippen MR) is 277 cm³/mol. The second-order valence-corrected chi connectivity index (χ2v) is 18.7. The van der Waals surface area contributed by atoms with Gasteiger partial charge in [0.05, 0.1) is 53.7 Å². The Kier molecular flexibility index (Phi) is 17.4. The first kappa shape index (κ1) is 53.2. The molecule has 3 heterocycles. The first-order valence-electron chi connectivity index (χ1n) is 23.4. The maximum atomic E-state index is 14.1.